The second-order valence-corrected chi connectivity index (χ2v) is 5.39. The van der Waals surface area contributed by atoms with Crippen molar-refractivity contribution in [1.82, 2.24) is 15.2 Å². The van der Waals surface area contributed by atoms with Crippen LogP contribution in [-0.2, 0) is 6.54 Å². The van der Waals surface area contributed by atoms with Crippen LogP contribution in [0.15, 0.2) is 24.5 Å². The van der Waals surface area contributed by atoms with Gasteiger partial charge in [-0.15, -0.1) is 0 Å². The van der Waals surface area contributed by atoms with Crippen molar-refractivity contribution in [1.29, 1.82) is 0 Å². The highest BCUT2D eigenvalue weighted by Gasteiger charge is 2.45. The van der Waals surface area contributed by atoms with Crippen molar-refractivity contribution in [2.45, 2.75) is 44.2 Å². The lowest BCUT2D eigenvalue weighted by molar-refractivity contribution is 0.113. The third-order valence-corrected chi connectivity index (χ3v) is 4.23. The van der Waals surface area contributed by atoms with Gasteiger partial charge in [-0.2, -0.15) is 0 Å². The number of nitrogens with zero attached hydrogens (tertiary/aromatic N) is 2. The van der Waals surface area contributed by atoms with Crippen molar-refractivity contribution < 1.29 is 4.79 Å². The van der Waals surface area contributed by atoms with Crippen molar-refractivity contribution in [3.05, 3.63) is 30.1 Å². The molecule has 4 nitrogen and oxygen atoms in total. The van der Waals surface area contributed by atoms with E-state index in [0.29, 0.717) is 6.54 Å². The average molecular weight is 245 g/mol. The number of carbonyl (C=O) groups excluding carboxylic acids is 1. The monoisotopic (exact) mass is 245 g/mol. The zero-order valence-electron chi connectivity index (χ0n) is 10.6. The van der Waals surface area contributed by atoms with Gasteiger partial charge >= 0.3 is 6.03 Å². The summed E-state index contributed by atoms with van der Waals surface area (Å²) >= 11 is 0. The molecule has 18 heavy (non-hydrogen) atoms. The molecule has 3 rings (SSSR count). The molecule has 2 aliphatic rings. The molecule has 0 atom stereocenters. The Morgan fingerprint density at radius 2 is 2.17 bits per heavy atom. The fourth-order valence-corrected chi connectivity index (χ4v) is 3.22. The normalized spacial score (nSPS) is 22.2. The number of carbonyl (C=O) groups is 1. The molecule has 0 unspecified atom stereocenters. The highest BCUT2D eigenvalue weighted by atomic mass is 16.2. The van der Waals surface area contributed by atoms with Gasteiger partial charge in [0.2, 0.25) is 0 Å². The van der Waals surface area contributed by atoms with E-state index < -0.39 is 0 Å². The molecule has 1 saturated carbocycles. The Hall–Kier alpha value is -1.58. The first-order chi connectivity index (χ1) is 8.80. The Bertz CT molecular complexity index is 426. The van der Waals surface area contributed by atoms with Crippen LogP contribution >= 0.6 is 0 Å². The molecule has 4 heteroatoms. The van der Waals surface area contributed by atoms with Crippen LogP contribution < -0.4 is 5.32 Å². The lowest BCUT2D eigenvalue weighted by atomic mass is 9.81. The van der Waals surface area contributed by atoms with Gasteiger partial charge in [-0.25, -0.2) is 4.79 Å². The van der Waals surface area contributed by atoms with E-state index in [4.69, 9.17) is 0 Å². The Morgan fingerprint density at radius 1 is 1.33 bits per heavy atom. The lowest BCUT2D eigenvalue weighted by Crippen LogP contribution is -2.48. The highest BCUT2D eigenvalue weighted by molar-refractivity contribution is 5.78. The summed E-state index contributed by atoms with van der Waals surface area (Å²) in [5.74, 6) is 0. The molecular weight excluding hydrogens is 226 g/mol. The summed E-state index contributed by atoms with van der Waals surface area (Å²) in [4.78, 5) is 18.2. The molecule has 2 amide bonds. The van der Waals surface area contributed by atoms with Gasteiger partial charge in [-0.1, -0.05) is 25.3 Å². The Labute approximate surface area is 107 Å². The van der Waals surface area contributed by atoms with Crippen molar-refractivity contribution in [2.24, 2.45) is 0 Å². The maximum atomic E-state index is 12.0. The number of hydrogen-bond acceptors (Lipinski definition) is 2. The van der Waals surface area contributed by atoms with E-state index in [9.17, 15) is 4.79 Å². The molecule has 1 aliphatic carbocycles. The van der Waals surface area contributed by atoms with Crippen LogP contribution in [0.4, 0.5) is 4.79 Å². The first kappa shape index (κ1) is 11.5. The maximum absolute atomic E-state index is 12.0. The first-order valence-corrected chi connectivity index (χ1v) is 6.75. The predicted molar refractivity (Wildman–Crippen MR) is 69.0 cm³/mol. The molecule has 0 bridgehead atoms. The number of rotatable bonds is 2. The van der Waals surface area contributed by atoms with Crippen LogP contribution in [0.2, 0.25) is 0 Å². The summed E-state index contributed by atoms with van der Waals surface area (Å²) < 4.78 is 0. The van der Waals surface area contributed by atoms with Gasteiger partial charge in [-0.05, 0) is 24.5 Å². The van der Waals surface area contributed by atoms with E-state index in [1.54, 1.807) is 6.20 Å². The minimum Gasteiger partial charge on any atom is -0.336 e. The van der Waals surface area contributed by atoms with Crippen molar-refractivity contribution in [3.8, 4) is 0 Å². The number of amides is 2. The summed E-state index contributed by atoms with van der Waals surface area (Å²) in [7, 11) is 0. The van der Waals surface area contributed by atoms with Crippen LogP contribution in [0.1, 0.15) is 37.7 Å². The molecule has 2 fully saturated rings. The quantitative estimate of drug-likeness (QED) is 0.869. The molecule has 96 valence electrons. The van der Waals surface area contributed by atoms with Gasteiger partial charge in [-0.3, -0.25) is 4.98 Å². The van der Waals surface area contributed by atoms with Crippen molar-refractivity contribution in [3.63, 3.8) is 0 Å². The molecule has 0 radical (unpaired) electrons. The van der Waals surface area contributed by atoms with Crippen LogP contribution in [0, 0.1) is 0 Å². The summed E-state index contributed by atoms with van der Waals surface area (Å²) in [6.07, 6.45) is 9.65. The van der Waals surface area contributed by atoms with Crippen LogP contribution in [0.5, 0.6) is 0 Å². The molecule has 1 aromatic heterocycles. The minimum absolute atomic E-state index is 0.0607. The molecule has 1 aromatic rings. The smallest absolute Gasteiger partial charge is 0.318 e. The number of nitrogens with one attached hydrogen (secondary N) is 1. The van der Waals surface area contributed by atoms with Gasteiger partial charge in [0.05, 0.1) is 5.54 Å². The van der Waals surface area contributed by atoms with Gasteiger partial charge in [0.25, 0.3) is 0 Å². The minimum atomic E-state index is 0.0607. The van der Waals surface area contributed by atoms with Crippen molar-refractivity contribution in [2.75, 3.05) is 6.54 Å². The second kappa shape index (κ2) is 4.59. The fraction of sp³-hybridized carbons (Fsp3) is 0.571. The Kier molecular flexibility index (Phi) is 2.94. The topological polar surface area (TPSA) is 45.2 Å². The molecule has 1 N–H and O–H groups in total. The molecular formula is C14H19N3O. The first-order valence-electron chi connectivity index (χ1n) is 6.75. The van der Waals surface area contributed by atoms with E-state index in [0.717, 1.165) is 24.9 Å². The average Bonchev–Trinajstić information content (AvgIpc) is 2.71. The Balaban J connectivity index is 1.81. The number of pyridine rings is 1. The molecule has 1 spiro atoms. The summed E-state index contributed by atoms with van der Waals surface area (Å²) in [5, 5.41) is 3.02. The van der Waals surface area contributed by atoms with Crippen LogP contribution in [0.3, 0.4) is 0 Å². The van der Waals surface area contributed by atoms with E-state index in [-0.39, 0.29) is 11.6 Å². The van der Waals surface area contributed by atoms with Gasteiger partial charge < -0.3 is 10.2 Å². The Morgan fingerprint density at radius 3 is 2.89 bits per heavy atom. The molecule has 1 saturated heterocycles. The lowest BCUT2D eigenvalue weighted by Gasteiger charge is -2.40. The molecule has 2 heterocycles. The van der Waals surface area contributed by atoms with E-state index >= 15 is 0 Å². The zero-order chi connectivity index (χ0) is 12.4. The van der Waals surface area contributed by atoms with E-state index in [1.807, 2.05) is 23.2 Å². The number of aromatic nitrogens is 1. The second-order valence-electron chi connectivity index (χ2n) is 5.39. The van der Waals surface area contributed by atoms with E-state index in [1.165, 1.54) is 19.3 Å². The van der Waals surface area contributed by atoms with Gasteiger partial charge in [0, 0.05) is 25.5 Å². The molecule has 0 aromatic carbocycles. The number of hydrogen-bond donors (Lipinski definition) is 1. The van der Waals surface area contributed by atoms with Crippen LogP contribution in [-0.4, -0.2) is 28.0 Å². The number of urea groups is 1. The summed E-state index contributed by atoms with van der Waals surface area (Å²) in [6.45, 7) is 1.49. The predicted octanol–water partition coefficient (Wildman–Crippen LogP) is 2.31. The van der Waals surface area contributed by atoms with Crippen LogP contribution in [0.25, 0.3) is 0 Å². The standard InChI is InChI=1S/C14H19N3O/c18-13-16-11-14(6-2-1-3-7-14)17(13)10-12-5-4-8-15-9-12/h4-5,8-9H,1-3,6-7,10-11H2,(H,16,18). The van der Waals surface area contributed by atoms with E-state index in [2.05, 4.69) is 10.3 Å². The molecule has 1 aliphatic heterocycles. The maximum Gasteiger partial charge on any atom is 0.318 e. The highest BCUT2D eigenvalue weighted by Crippen LogP contribution is 2.37. The SMILES string of the molecule is O=C1NCC2(CCCCC2)N1Cc1cccnc1. The van der Waals surface area contributed by atoms with Crippen molar-refractivity contribution >= 4 is 6.03 Å². The third kappa shape index (κ3) is 1.96. The third-order valence-electron chi connectivity index (χ3n) is 4.23. The fourth-order valence-electron chi connectivity index (χ4n) is 3.22. The summed E-state index contributed by atoms with van der Waals surface area (Å²) in [5.41, 5.74) is 1.17. The van der Waals surface area contributed by atoms with Gasteiger partial charge in [0.15, 0.2) is 0 Å². The largest absolute Gasteiger partial charge is 0.336 e. The summed E-state index contributed by atoms with van der Waals surface area (Å²) in [6, 6.07) is 4.05. The van der Waals surface area contributed by atoms with Gasteiger partial charge in [0.1, 0.15) is 0 Å². The zero-order valence-corrected chi connectivity index (χ0v) is 10.6.